The summed E-state index contributed by atoms with van der Waals surface area (Å²) < 4.78 is 6.95. The summed E-state index contributed by atoms with van der Waals surface area (Å²) in [4.78, 5) is 23.7. The first kappa shape index (κ1) is 22.5. The van der Waals surface area contributed by atoms with Crippen molar-refractivity contribution in [2.24, 2.45) is 5.92 Å². The maximum atomic E-state index is 13.4. The fourth-order valence-corrected chi connectivity index (χ4v) is 6.10. The molecule has 1 saturated heterocycles. The summed E-state index contributed by atoms with van der Waals surface area (Å²) in [5.41, 5.74) is 1.35. The molecule has 174 valence electrons. The number of hydrogen-bond donors (Lipinski definition) is 1. The van der Waals surface area contributed by atoms with E-state index in [4.69, 9.17) is 9.72 Å². The minimum absolute atomic E-state index is 0.0990. The number of H-pyrrole nitrogens is 1. The highest BCUT2D eigenvalue weighted by Crippen LogP contribution is 2.53. The van der Waals surface area contributed by atoms with Gasteiger partial charge in [-0.25, -0.2) is 9.78 Å². The zero-order valence-corrected chi connectivity index (χ0v) is 21.4. The van der Waals surface area contributed by atoms with Crippen molar-refractivity contribution in [3.8, 4) is 11.3 Å². The Hall–Kier alpha value is -2.34. The third-order valence-electron chi connectivity index (χ3n) is 7.35. The Bertz CT molecular complexity index is 1200. The molecule has 0 radical (unpaired) electrons. The van der Waals surface area contributed by atoms with Gasteiger partial charge < -0.3 is 9.72 Å². The lowest BCUT2D eigenvalue weighted by molar-refractivity contribution is -0.0115. The number of fused-ring (bicyclic) bond motifs is 2. The third kappa shape index (κ3) is 4.18. The van der Waals surface area contributed by atoms with E-state index in [1.54, 1.807) is 0 Å². The molecule has 6 heteroatoms. The van der Waals surface area contributed by atoms with Gasteiger partial charge in [0.1, 0.15) is 11.4 Å². The summed E-state index contributed by atoms with van der Waals surface area (Å²) >= 11 is 3.54. The lowest BCUT2D eigenvalue weighted by Gasteiger charge is -2.43. The zero-order valence-electron chi connectivity index (χ0n) is 19.8. The molecular weight excluding hydrogens is 478 g/mol. The van der Waals surface area contributed by atoms with Crippen LogP contribution in [-0.4, -0.2) is 32.1 Å². The predicted octanol–water partition coefficient (Wildman–Crippen LogP) is 7.62. The molecule has 3 aromatic rings. The summed E-state index contributed by atoms with van der Waals surface area (Å²) in [6, 6.07) is 12.6. The largest absolute Gasteiger partial charge is 0.444 e. The molecule has 5 rings (SSSR count). The standard InChI is InChI=1S/C27H32BrN3O2/c1-26(2,3)33-25(32)31-23(15-20-7-5-6-12-27(20,31)4)24-29-16-22(30-24)19-9-8-18-14-21(28)11-10-17(18)13-19/h8-11,13-14,16,20,23H,5-7,12,15H2,1-4H3,(H,29,30). The molecule has 1 saturated carbocycles. The van der Waals surface area contributed by atoms with E-state index in [2.05, 4.69) is 64.2 Å². The lowest BCUT2D eigenvalue weighted by atomic mass is 9.74. The molecule has 1 aromatic heterocycles. The number of imidazole rings is 1. The average molecular weight is 510 g/mol. The molecule has 3 unspecified atom stereocenters. The molecular formula is C27H32BrN3O2. The highest BCUT2D eigenvalue weighted by molar-refractivity contribution is 9.10. The Morgan fingerprint density at radius 2 is 1.94 bits per heavy atom. The van der Waals surface area contributed by atoms with E-state index < -0.39 is 5.60 Å². The SMILES string of the molecule is CC(C)(C)OC(=O)N1C(c2ncc(-c3ccc4cc(Br)ccc4c3)[nH]2)CC2CCCCC21C. The van der Waals surface area contributed by atoms with Crippen LogP contribution in [0.3, 0.4) is 0 Å². The number of ether oxygens (including phenoxy) is 1. The topological polar surface area (TPSA) is 58.2 Å². The van der Waals surface area contributed by atoms with E-state index >= 15 is 0 Å². The van der Waals surface area contributed by atoms with Crippen molar-refractivity contribution >= 4 is 32.8 Å². The molecule has 1 N–H and O–H groups in total. The van der Waals surface area contributed by atoms with Crippen molar-refractivity contribution in [3.05, 3.63) is 52.9 Å². The zero-order chi connectivity index (χ0) is 23.4. The van der Waals surface area contributed by atoms with E-state index in [1.807, 2.05) is 31.9 Å². The molecule has 2 aliphatic rings. The van der Waals surface area contributed by atoms with Gasteiger partial charge in [-0.1, -0.05) is 47.0 Å². The van der Waals surface area contributed by atoms with E-state index in [0.29, 0.717) is 5.92 Å². The monoisotopic (exact) mass is 509 g/mol. The van der Waals surface area contributed by atoms with E-state index in [9.17, 15) is 4.79 Å². The second-order valence-electron chi connectivity index (χ2n) is 10.8. The number of carbonyl (C=O) groups is 1. The van der Waals surface area contributed by atoms with Crippen LogP contribution in [0.1, 0.15) is 71.7 Å². The highest BCUT2D eigenvalue weighted by Gasteiger charge is 2.55. The van der Waals surface area contributed by atoms with Gasteiger partial charge in [-0.15, -0.1) is 0 Å². The number of carbonyl (C=O) groups excluding carboxylic acids is 1. The van der Waals surface area contributed by atoms with Gasteiger partial charge in [0.25, 0.3) is 0 Å². The quantitative estimate of drug-likeness (QED) is 0.386. The number of halogens is 1. The fourth-order valence-electron chi connectivity index (χ4n) is 5.73. The van der Waals surface area contributed by atoms with Crippen LogP contribution in [-0.2, 0) is 4.74 Å². The van der Waals surface area contributed by atoms with Gasteiger partial charge >= 0.3 is 6.09 Å². The Labute approximate surface area is 204 Å². The molecule has 1 aliphatic heterocycles. The van der Waals surface area contributed by atoms with Crippen LogP contribution in [0.2, 0.25) is 0 Å². The first-order valence-corrected chi connectivity index (χ1v) is 12.7. The molecule has 0 spiro atoms. The number of rotatable bonds is 2. The maximum Gasteiger partial charge on any atom is 0.411 e. The molecule has 1 amide bonds. The van der Waals surface area contributed by atoms with Gasteiger partial charge in [-0.2, -0.15) is 0 Å². The molecule has 0 bridgehead atoms. The Morgan fingerprint density at radius 3 is 2.73 bits per heavy atom. The van der Waals surface area contributed by atoms with Gasteiger partial charge in [0.15, 0.2) is 0 Å². The summed E-state index contributed by atoms with van der Waals surface area (Å²) in [6.45, 7) is 8.03. The van der Waals surface area contributed by atoms with Crippen molar-refractivity contribution in [2.75, 3.05) is 0 Å². The first-order valence-electron chi connectivity index (χ1n) is 11.9. The summed E-state index contributed by atoms with van der Waals surface area (Å²) in [6.07, 6.45) is 7.14. The van der Waals surface area contributed by atoms with Gasteiger partial charge in [-0.3, -0.25) is 4.90 Å². The average Bonchev–Trinajstić information content (AvgIpc) is 3.34. The van der Waals surface area contributed by atoms with Crippen LogP contribution in [0.25, 0.3) is 22.0 Å². The van der Waals surface area contributed by atoms with Crippen LogP contribution < -0.4 is 0 Å². The van der Waals surface area contributed by atoms with Crippen LogP contribution in [0.15, 0.2) is 47.1 Å². The molecule has 2 aromatic carbocycles. The Balaban J connectivity index is 1.49. The fraction of sp³-hybridized carbons (Fsp3) is 0.481. The lowest BCUT2D eigenvalue weighted by Crippen LogP contribution is -2.51. The van der Waals surface area contributed by atoms with E-state index in [1.165, 1.54) is 17.2 Å². The number of likely N-dealkylation sites (tertiary alicyclic amines) is 1. The van der Waals surface area contributed by atoms with Crippen LogP contribution in [0, 0.1) is 5.92 Å². The van der Waals surface area contributed by atoms with Crippen LogP contribution in [0.4, 0.5) is 4.79 Å². The van der Waals surface area contributed by atoms with Crippen LogP contribution in [0.5, 0.6) is 0 Å². The van der Waals surface area contributed by atoms with Gasteiger partial charge in [0, 0.05) is 15.6 Å². The molecule has 3 atom stereocenters. The number of nitrogens with one attached hydrogen (secondary N) is 1. The van der Waals surface area contributed by atoms with Crippen molar-refractivity contribution in [2.45, 2.75) is 77.0 Å². The molecule has 2 fully saturated rings. The molecule has 2 heterocycles. The van der Waals surface area contributed by atoms with Crippen molar-refractivity contribution in [3.63, 3.8) is 0 Å². The number of aromatic amines is 1. The van der Waals surface area contributed by atoms with Crippen molar-refractivity contribution in [1.29, 1.82) is 0 Å². The second-order valence-corrected chi connectivity index (χ2v) is 11.7. The predicted molar refractivity (Wildman–Crippen MR) is 135 cm³/mol. The van der Waals surface area contributed by atoms with Crippen LogP contribution >= 0.6 is 15.9 Å². The minimum Gasteiger partial charge on any atom is -0.444 e. The molecule has 5 nitrogen and oxygen atoms in total. The molecule has 1 aliphatic carbocycles. The summed E-state index contributed by atoms with van der Waals surface area (Å²) in [5.74, 6) is 1.32. The number of nitrogens with zero attached hydrogens (tertiary/aromatic N) is 2. The van der Waals surface area contributed by atoms with E-state index in [-0.39, 0.29) is 17.7 Å². The van der Waals surface area contributed by atoms with Crippen molar-refractivity contribution in [1.82, 2.24) is 14.9 Å². The normalized spacial score (nSPS) is 25.3. The number of benzene rings is 2. The van der Waals surface area contributed by atoms with Gasteiger partial charge in [0.2, 0.25) is 0 Å². The smallest absolute Gasteiger partial charge is 0.411 e. The van der Waals surface area contributed by atoms with E-state index in [0.717, 1.165) is 47.2 Å². The Morgan fingerprint density at radius 1 is 1.18 bits per heavy atom. The second kappa shape index (κ2) is 8.15. The number of aromatic nitrogens is 2. The summed E-state index contributed by atoms with van der Waals surface area (Å²) in [7, 11) is 0. The summed E-state index contributed by atoms with van der Waals surface area (Å²) in [5, 5.41) is 2.37. The molecule has 33 heavy (non-hydrogen) atoms. The first-order chi connectivity index (χ1) is 15.6. The Kier molecular flexibility index (Phi) is 5.55. The number of hydrogen-bond acceptors (Lipinski definition) is 3. The van der Waals surface area contributed by atoms with Gasteiger partial charge in [-0.05, 0) is 81.8 Å². The van der Waals surface area contributed by atoms with Gasteiger partial charge in [0.05, 0.1) is 17.9 Å². The van der Waals surface area contributed by atoms with Crippen molar-refractivity contribution < 1.29 is 9.53 Å². The number of amides is 1. The third-order valence-corrected chi connectivity index (χ3v) is 7.84. The maximum absolute atomic E-state index is 13.4. The minimum atomic E-state index is -0.529. The highest BCUT2D eigenvalue weighted by atomic mass is 79.9.